The number of aliphatic hydroxyl groups is 5. The highest BCUT2D eigenvalue weighted by atomic mass is 16.7. The molecule has 1 spiro atoms. The number of hydrogen-bond donors (Lipinski definition) is 5. The third kappa shape index (κ3) is 11.4. The van der Waals surface area contributed by atoms with Crippen LogP contribution in [0.25, 0.3) is 0 Å². The van der Waals surface area contributed by atoms with Gasteiger partial charge in [-0.05, 0) is 63.7 Å². The molecule has 0 aromatic rings. The summed E-state index contributed by atoms with van der Waals surface area (Å²) in [5.41, 5.74) is -2.21. The van der Waals surface area contributed by atoms with Gasteiger partial charge in [-0.2, -0.15) is 0 Å². The zero-order chi connectivity index (χ0) is 43.2. The normalized spacial score (nSPS) is 46.2. The number of Topliss-reactive ketones (excluding diaryl/α,β-unsaturated/α-hetero) is 3. The first kappa shape index (κ1) is 48.8. The molecule has 2 fully saturated rings. The monoisotopic (exact) mass is 805 g/mol. The zero-order valence-electron chi connectivity index (χ0n) is 36.0. The maximum Gasteiger partial charge on any atom is 0.330 e. The number of ether oxygens (including phenoxy) is 3. The van der Waals surface area contributed by atoms with Gasteiger partial charge in [-0.15, -0.1) is 0 Å². The Bertz CT molecular complexity index is 1470. The van der Waals surface area contributed by atoms with Crippen LogP contribution in [0.15, 0.2) is 36.5 Å². The second-order valence-corrected chi connectivity index (χ2v) is 17.9. The maximum absolute atomic E-state index is 14.0. The fourth-order valence-corrected chi connectivity index (χ4v) is 8.91. The summed E-state index contributed by atoms with van der Waals surface area (Å²) in [6.45, 7) is 18.3. The molecular formula is C45H72O12. The lowest BCUT2D eigenvalue weighted by atomic mass is 9.74. The summed E-state index contributed by atoms with van der Waals surface area (Å²) < 4.78 is 19.4. The minimum absolute atomic E-state index is 0.132. The average molecular weight is 805 g/mol. The fraction of sp³-hybridized carbons (Fsp3) is 0.778. The van der Waals surface area contributed by atoms with Crippen LogP contribution >= 0.6 is 0 Å². The average Bonchev–Trinajstić information content (AvgIpc) is 3.16. The van der Waals surface area contributed by atoms with Crippen LogP contribution in [0.1, 0.15) is 115 Å². The summed E-state index contributed by atoms with van der Waals surface area (Å²) in [5, 5.41) is 55.0. The smallest absolute Gasteiger partial charge is 0.330 e. The first-order valence-electron chi connectivity index (χ1n) is 21.1. The molecule has 0 aromatic carbocycles. The van der Waals surface area contributed by atoms with E-state index in [-0.39, 0.29) is 30.0 Å². The Hall–Kier alpha value is -2.58. The van der Waals surface area contributed by atoms with Crippen LogP contribution < -0.4 is 0 Å². The third-order valence-corrected chi connectivity index (χ3v) is 13.2. The molecule has 3 aliphatic heterocycles. The third-order valence-electron chi connectivity index (χ3n) is 13.2. The number of fused-ring (bicyclic) bond motifs is 2. The zero-order valence-corrected chi connectivity index (χ0v) is 36.0. The van der Waals surface area contributed by atoms with Gasteiger partial charge in [0.25, 0.3) is 0 Å². The summed E-state index contributed by atoms with van der Waals surface area (Å²) in [6.07, 6.45) is 6.53. The SMILES string of the molecule is CC[C@@H]1/C=C\C=C\C[C@H](C)[C@@H](O)[C@](C)(O)C(=O)[C@H](C)[C@@H](O)[C@H](C)C(=O)[C@H](C)[C@@H](O)[C@H](C)/C=C/C(=O)OC2[C@H](C)C(CC1)O[C@]1(O[C@H](C[C@H](C)O)[C@H](C)CC1=O)[C@@H]2C. The summed E-state index contributed by atoms with van der Waals surface area (Å²) >= 11 is 0. The standard InChI is InChI=1S/C45H72O12/c1-12-33-17-15-13-14-16-25(3)42(52)44(11,54)43(53)31(9)40(51)30(8)39(50)29(7)38(49)24(2)18-21-37(48)55-41-28(6)34(20-19-33)56-45(32(41)10)36(47)22-26(4)35(57-45)23-27(5)46/h13-15,17-18,21,24-35,38,40-42,46,49,51-52,54H,12,16,19-20,22-23H2,1-11H3/b14-13+,17-15-,21-18+/t24-,25+,26-,27+,28-,29-,30-,31-,32-,33-,34?,35-,38+,40+,41?,42-,44+,45+/m1/s1. The largest absolute Gasteiger partial charge is 0.458 e. The van der Waals surface area contributed by atoms with Gasteiger partial charge < -0.3 is 39.7 Å². The van der Waals surface area contributed by atoms with Crippen molar-refractivity contribution in [2.75, 3.05) is 0 Å². The number of aliphatic hydroxyl groups excluding tert-OH is 4. The van der Waals surface area contributed by atoms with E-state index in [2.05, 4.69) is 13.0 Å². The Kier molecular flexibility index (Phi) is 17.6. The Labute approximate surface area is 340 Å². The molecule has 0 saturated carbocycles. The van der Waals surface area contributed by atoms with E-state index >= 15 is 0 Å². The van der Waals surface area contributed by atoms with E-state index in [0.717, 1.165) is 6.42 Å². The van der Waals surface area contributed by atoms with Gasteiger partial charge in [-0.1, -0.05) is 92.7 Å². The Morgan fingerprint density at radius 2 is 1.47 bits per heavy atom. The van der Waals surface area contributed by atoms with Crippen molar-refractivity contribution in [2.24, 2.45) is 53.3 Å². The van der Waals surface area contributed by atoms with Crippen LogP contribution in [0.2, 0.25) is 0 Å². The van der Waals surface area contributed by atoms with Gasteiger partial charge >= 0.3 is 5.97 Å². The van der Waals surface area contributed by atoms with Crippen molar-refractivity contribution >= 4 is 23.3 Å². The summed E-state index contributed by atoms with van der Waals surface area (Å²) in [4.78, 5) is 54.5. The lowest BCUT2D eigenvalue weighted by Gasteiger charge is -2.54. The highest BCUT2D eigenvalue weighted by molar-refractivity contribution is 5.91. The Morgan fingerprint density at radius 1 is 0.842 bits per heavy atom. The number of esters is 1. The van der Waals surface area contributed by atoms with Crippen molar-refractivity contribution in [3.63, 3.8) is 0 Å². The van der Waals surface area contributed by atoms with Crippen LogP contribution in [0, 0.1) is 53.3 Å². The van der Waals surface area contributed by atoms with Gasteiger partial charge in [0, 0.05) is 42.1 Å². The second kappa shape index (κ2) is 20.6. The molecule has 0 aromatic heterocycles. The van der Waals surface area contributed by atoms with Crippen molar-refractivity contribution in [1.82, 2.24) is 0 Å². The van der Waals surface area contributed by atoms with Crippen LogP contribution in [-0.2, 0) is 33.4 Å². The van der Waals surface area contributed by atoms with Crippen LogP contribution in [0.5, 0.6) is 0 Å². The topological polar surface area (TPSA) is 197 Å². The van der Waals surface area contributed by atoms with Crippen molar-refractivity contribution in [1.29, 1.82) is 0 Å². The molecule has 2 unspecified atom stereocenters. The number of hydrogen-bond acceptors (Lipinski definition) is 12. The number of carbonyl (C=O) groups excluding carboxylic acids is 4. The molecule has 324 valence electrons. The molecule has 0 aliphatic carbocycles. The highest BCUT2D eigenvalue weighted by Gasteiger charge is 2.61. The molecule has 2 saturated heterocycles. The molecule has 3 heterocycles. The van der Waals surface area contributed by atoms with Gasteiger partial charge in [-0.25, -0.2) is 4.79 Å². The van der Waals surface area contributed by atoms with Gasteiger partial charge in [0.15, 0.2) is 11.6 Å². The van der Waals surface area contributed by atoms with Crippen molar-refractivity contribution in [3.8, 4) is 0 Å². The van der Waals surface area contributed by atoms with Crippen molar-refractivity contribution in [2.45, 2.75) is 169 Å². The second-order valence-electron chi connectivity index (χ2n) is 17.9. The lowest BCUT2D eigenvalue weighted by molar-refractivity contribution is -0.344. The number of ketones is 3. The number of rotatable bonds is 3. The predicted octanol–water partition coefficient (Wildman–Crippen LogP) is 5.06. The molecule has 0 radical (unpaired) electrons. The summed E-state index contributed by atoms with van der Waals surface area (Å²) in [6, 6.07) is 0. The quantitative estimate of drug-likeness (QED) is 0.238. The molecule has 18 atom stereocenters. The molecule has 12 heteroatoms. The van der Waals surface area contributed by atoms with Crippen molar-refractivity contribution < 1.29 is 58.9 Å². The lowest BCUT2D eigenvalue weighted by Crippen LogP contribution is -2.66. The van der Waals surface area contributed by atoms with Gasteiger partial charge in [0.2, 0.25) is 5.79 Å². The van der Waals surface area contributed by atoms with E-state index in [4.69, 9.17) is 14.2 Å². The number of allylic oxidation sites excluding steroid dienone is 4. The Balaban J connectivity index is 2.02. The molecule has 3 rings (SSSR count). The van der Waals surface area contributed by atoms with E-state index in [1.807, 2.05) is 32.1 Å². The highest BCUT2D eigenvalue weighted by Crippen LogP contribution is 2.47. The van der Waals surface area contributed by atoms with E-state index in [9.17, 15) is 44.7 Å². The maximum atomic E-state index is 14.0. The Morgan fingerprint density at radius 3 is 2.09 bits per heavy atom. The minimum Gasteiger partial charge on any atom is -0.458 e. The molecular weight excluding hydrogens is 732 g/mol. The summed E-state index contributed by atoms with van der Waals surface area (Å²) in [7, 11) is 0. The minimum atomic E-state index is -2.21. The molecule has 12 nitrogen and oxygen atoms in total. The fourth-order valence-electron chi connectivity index (χ4n) is 8.91. The van der Waals surface area contributed by atoms with Gasteiger partial charge in [-0.3, -0.25) is 14.4 Å². The van der Waals surface area contributed by atoms with Crippen LogP contribution in [0.3, 0.4) is 0 Å². The van der Waals surface area contributed by atoms with Gasteiger partial charge in [0.05, 0.1) is 42.5 Å². The predicted molar refractivity (Wildman–Crippen MR) is 215 cm³/mol. The first-order chi connectivity index (χ1) is 26.5. The van der Waals surface area contributed by atoms with E-state index in [1.54, 1.807) is 27.7 Å². The van der Waals surface area contributed by atoms with Crippen molar-refractivity contribution in [3.05, 3.63) is 36.5 Å². The summed E-state index contributed by atoms with van der Waals surface area (Å²) in [5.74, 6) is -9.55. The van der Waals surface area contributed by atoms with E-state index in [1.165, 1.54) is 39.8 Å². The van der Waals surface area contributed by atoms with E-state index in [0.29, 0.717) is 25.7 Å². The molecule has 2 bridgehead atoms. The molecule has 3 aliphatic rings. The van der Waals surface area contributed by atoms with Crippen LogP contribution in [0.4, 0.5) is 0 Å². The van der Waals surface area contributed by atoms with Crippen LogP contribution in [-0.4, -0.2) is 103 Å². The molecule has 5 N–H and O–H groups in total. The molecule has 0 amide bonds. The van der Waals surface area contributed by atoms with Gasteiger partial charge in [0.1, 0.15) is 17.5 Å². The first-order valence-corrected chi connectivity index (χ1v) is 21.1. The molecule has 57 heavy (non-hydrogen) atoms. The number of carbonyl (C=O) groups is 4. The van der Waals surface area contributed by atoms with E-state index < -0.39 is 107 Å².